The highest BCUT2D eigenvalue weighted by atomic mass is 14.1. The summed E-state index contributed by atoms with van der Waals surface area (Å²) in [5.41, 5.74) is 0. The Morgan fingerprint density at radius 1 is 0.762 bits per heavy atom. The lowest BCUT2D eigenvalue weighted by Gasteiger charge is -2.11. The molecule has 0 unspecified atom stereocenters. The molecular weight excluding hydrogens is 252 g/mol. The van der Waals surface area contributed by atoms with Gasteiger partial charge >= 0.3 is 0 Å². The van der Waals surface area contributed by atoms with Crippen molar-refractivity contribution in [3.05, 3.63) is 12.2 Å². The van der Waals surface area contributed by atoms with Gasteiger partial charge < -0.3 is 0 Å². The lowest BCUT2D eigenvalue weighted by molar-refractivity contribution is 0.445. The minimum absolute atomic E-state index is 0.851. The lowest BCUT2D eigenvalue weighted by Crippen LogP contribution is -1.97. The first kappa shape index (κ1) is 25.3. The van der Waals surface area contributed by atoms with Crippen LogP contribution in [0.5, 0.6) is 0 Å². The first-order valence-electron chi connectivity index (χ1n) is 9.29. The molecule has 0 radical (unpaired) electrons. The van der Waals surface area contributed by atoms with Crippen molar-refractivity contribution in [2.75, 3.05) is 0 Å². The highest BCUT2D eigenvalue weighted by Crippen LogP contribution is 2.17. The molecule has 0 saturated carbocycles. The summed E-state index contributed by atoms with van der Waals surface area (Å²) < 4.78 is 0. The Kier molecular flexibility index (Phi) is 33.2. The molecular formula is C21H42. The lowest BCUT2D eigenvalue weighted by atomic mass is 9.95. The number of terminal acetylenes is 1. The molecule has 0 aliphatic rings. The van der Waals surface area contributed by atoms with Crippen LogP contribution in [-0.4, -0.2) is 0 Å². The van der Waals surface area contributed by atoms with E-state index in [2.05, 4.69) is 53.5 Å². The fourth-order valence-electron chi connectivity index (χ4n) is 1.88. The van der Waals surface area contributed by atoms with Crippen molar-refractivity contribution in [1.29, 1.82) is 0 Å². The zero-order valence-corrected chi connectivity index (χ0v) is 15.9. The molecule has 0 aromatic carbocycles. The van der Waals surface area contributed by atoms with Gasteiger partial charge in [-0.05, 0) is 18.4 Å². The van der Waals surface area contributed by atoms with Crippen LogP contribution >= 0.6 is 0 Å². The minimum Gasteiger partial charge on any atom is -0.115 e. The normalized spacial score (nSPS) is 9.62. The number of hydrogen-bond donors (Lipinski definition) is 0. The average molecular weight is 295 g/mol. The van der Waals surface area contributed by atoms with Crippen molar-refractivity contribution < 1.29 is 0 Å². The van der Waals surface area contributed by atoms with Gasteiger partial charge in [-0.1, -0.05) is 111 Å². The van der Waals surface area contributed by atoms with Crippen LogP contribution < -0.4 is 0 Å². The average Bonchev–Trinajstić information content (AvgIpc) is 2.50. The molecule has 0 heterocycles. The van der Waals surface area contributed by atoms with Crippen LogP contribution in [0.3, 0.4) is 0 Å². The highest BCUT2D eigenvalue weighted by Gasteiger charge is 2.03. The quantitative estimate of drug-likeness (QED) is 0.381. The zero-order chi connectivity index (χ0) is 16.8. The van der Waals surface area contributed by atoms with E-state index in [1.165, 1.54) is 57.8 Å². The van der Waals surface area contributed by atoms with Crippen molar-refractivity contribution >= 4 is 0 Å². The van der Waals surface area contributed by atoms with Gasteiger partial charge in [0.1, 0.15) is 0 Å². The third-order valence-electron chi connectivity index (χ3n) is 3.28. The second-order valence-electron chi connectivity index (χ2n) is 5.60. The van der Waals surface area contributed by atoms with Gasteiger partial charge in [0, 0.05) is 0 Å². The van der Waals surface area contributed by atoms with Gasteiger partial charge in [-0.2, -0.15) is 0 Å². The summed E-state index contributed by atoms with van der Waals surface area (Å²) in [5.74, 6) is 3.38. The molecule has 0 fully saturated rings. The smallest absolute Gasteiger partial charge is 0.0161 e. The number of allylic oxidation sites excluding steroid dienone is 2. The predicted molar refractivity (Wildman–Crippen MR) is 102 cm³/mol. The largest absolute Gasteiger partial charge is 0.115 e. The Labute approximate surface area is 136 Å². The summed E-state index contributed by atoms with van der Waals surface area (Å²) in [6, 6.07) is 0. The Hall–Kier alpha value is -0.700. The Morgan fingerprint density at radius 3 is 1.48 bits per heavy atom. The Bertz CT molecular complexity index is 197. The Balaban J connectivity index is -0.000000297. The second kappa shape index (κ2) is 27.6. The summed E-state index contributed by atoms with van der Waals surface area (Å²) in [6.07, 6.45) is 22.2. The summed E-state index contributed by atoms with van der Waals surface area (Å²) in [7, 11) is 0. The van der Waals surface area contributed by atoms with E-state index >= 15 is 0 Å². The standard InChI is InChI=1S/C12H20.C5H12.C4H10/c1-4-7-8-11-12(9-5-2)10-6-3;1-3-5-4-2;1-3-4-2/h1,7-8,12H,5-6,9-11H2,2-3H3;3-5H2,1-2H3;3-4H2,1-2H3/b8-7+;;. The molecule has 0 aromatic heterocycles. The molecule has 0 bridgehead atoms. The molecule has 0 aromatic rings. The van der Waals surface area contributed by atoms with E-state index in [1.54, 1.807) is 0 Å². The van der Waals surface area contributed by atoms with E-state index in [-0.39, 0.29) is 0 Å². The molecule has 126 valence electrons. The summed E-state index contributed by atoms with van der Waals surface area (Å²) >= 11 is 0. The van der Waals surface area contributed by atoms with Crippen LogP contribution in [0.4, 0.5) is 0 Å². The van der Waals surface area contributed by atoms with Crippen LogP contribution in [-0.2, 0) is 0 Å². The SMILES string of the molecule is C#C/C=C/CC(CCC)CCC.CCCC.CCCCC. The molecule has 0 aliphatic heterocycles. The first-order chi connectivity index (χ1) is 10.2. The van der Waals surface area contributed by atoms with Crippen molar-refractivity contribution in [3.8, 4) is 12.3 Å². The topological polar surface area (TPSA) is 0 Å². The molecule has 0 saturated heterocycles. The van der Waals surface area contributed by atoms with Crippen LogP contribution in [0.2, 0.25) is 0 Å². The van der Waals surface area contributed by atoms with Gasteiger partial charge in [0.15, 0.2) is 0 Å². The van der Waals surface area contributed by atoms with Crippen molar-refractivity contribution in [2.24, 2.45) is 5.92 Å². The minimum atomic E-state index is 0.851. The van der Waals surface area contributed by atoms with E-state index in [0.717, 1.165) is 12.3 Å². The van der Waals surface area contributed by atoms with Gasteiger partial charge in [-0.25, -0.2) is 0 Å². The van der Waals surface area contributed by atoms with Gasteiger partial charge in [0.05, 0.1) is 0 Å². The number of unbranched alkanes of at least 4 members (excludes halogenated alkanes) is 3. The van der Waals surface area contributed by atoms with Crippen molar-refractivity contribution in [3.63, 3.8) is 0 Å². The maximum Gasteiger partial charge on any atom is -0.0161 e. The molecule has 0 spiro atoms. The van der Waals surface area contributed by atoms with Gasteiger partial charge in [0.2, 0.25) is 0 Å². The molecule has 0 atom stereocenters. The number of hydrogen-bond acceptors (Lipinski definition) is 0. The second-order valence-corrected chi connectivity index (χ2v) is 5.60. The zero-order valence-electron chi connectivity index (χ0n) is 15.9. The van der Waals surface area contributed by atoms with Crippen LogP contribution in [0, 0.1) is 18.3 Å². The van der Waals surface area contributed by atoms with E-state index in [1.807, 2.05) is 6.08 Å². The predicted octanol–water partition coefficient (Wildman–Crippen LogP) is 7.79. The highest BCUT2D eigenvalue weighted by molar-refractivity contribution is 5.08. The van der Waals surface area contributed by atoms with E-state index < -0.39 is 0 Å². The van der Waals surface area contributed by atoms with Gasteiger partial charge in [-0.15, -0.1) is 6.42 Å². The van der Waals surface area contributed by atoms with E-state index in [9.17, 15) is 0 Å². The fourth-order valence-corrected chi connectivity index (χ4v) is 1.88. The fraction of sp³-hybridized carbons (Fsp3) is 0.810. The summed E-state index contributed by atoms with van der Waals surface area (Å²) in [5, 5.41) is 0. The maximum absolute atomic E-state index is 5.13. The third kappa shape index (κ3) is 32.7. The van der Waals surface area contributed by atoms with Gasteiger partial charge in [-0.3, -0.25) is 0 Å². The maximum atomic E-state index is 5.13. The van der Waals surface area contributed by atoms with Crippen molar-refractivity contribution in [2.45, 2.75) is 106 Å². The molecule has 0 heteroatoms. The van der Waals surface area contributed by atoms with Crippen LogP contribution in [0.15, 0.2) is 12.2 Å². The molecule has 0 N–H and O–H groups in total. The Morgan fingerprint density at radius 2 is 1.24 bits per heavy atom. The molecule has 0 amide bonds. The molecule has 0 aliphatic carbocycles. The van der Waals surface area contributed by atoms with E-state index in [4.69, 9.17) is 6.42 Å². The first-order valence-corrected chi connectivity index (χ1v) is 9.29. The van der Waals surface area contributed by atoms with Gasteiger partial charge in [0.25, 0.3) is 0 Å². The molecule has 0 nitrogen and oxygen atoms in total. The summed E-state index contributed by atoms with van der Waals surface area (Å²) in [6.45, 7) is 13.3. The third-order valence-corrected chi connectivity index (χ3v) is 3.28. The summed E-state index contributed by atoms with van der Waals surface area (Å²) in [4.78, 5) is 0. The monoisotopic (exact) mass is 294 g/mol. The van der Waals surface area contributed by atoms with Crippen LogP contribution in [0.25, 0.3) is 0 Å². The number of rotatable bonds is 9. The molecule has 0 rings (SSSR count). The van der Waals surface area contributed by atoms with Crippen LogP contribution in [0.1, 0.15) is 106 Å². The van der Waals surface area contributed by atoms with E-state index in [0.29, 0.717) is 0 Å². The van der Waals surface area contributed by atoms with Crippen molar-refractivity contribution in [1.82, 2.24) is 0 Å². The molecule has 21 heavy (non-hydrogen) atoms.